The molecule has 0 atom stereocenters. The number of benzene rings is 3. The SMILES string of the molecule is Cc1ccc(NC(=S)Nc2ccccc2Oc2ccccc2)c(C)c1. The molecule has 0 radical (unpaired) electrons. The summed E-state index contributed by atoms with van der Waals surface area (Å²) in [4.78, 5) is 0. The molecule has 0 spiro atoms. The van der Waals surface area contributed by atoms with Crippen molar-refractivity contribution in [3.8, 4) is 11.5 Å². The third kappa shape index (κ3) is 4.58. The standard InChI is InChI=1S/C21H20N2OS/c1-15-12-13-18(16(2)14-15)22-21(25)23-19-10-6-7-11-20(19)24-17-8-4-3-5-9-17/h3-14H,1-2H3,(H2,22,23,25). The first kappa shape index (κ1) is 17.0. The quantitative estimate of drug-likeness (QED) is 0.575. The lowest BCUT2D eigenvalue weighted by Crippen LogP contribution is -2.20. The lowest BCUT2D eigenvalue weighted by molar-refractivity contribution is 0.485. The van der Waals surface area contributed by atoms with Gasteiger partial charge in [0.2, 0.25) is 0 Å². The number of anilines is 2. The minimum atomic E-state index is 0.524. The smallest absolute Gasteiger partial charge is 0.175 e. The Labute approximate surface area is 153 Å². The summed E-state index contributed by atoms with van der Waals surface area (Å²) in [6, 6.07) is 23.6. The van der Waals surface area contributed by atoms with E-state index in [9.17, 15) is 0 Å². The summed E-state index contributed by atoms with van der Waals surface area (Å²) in [5.74, 6) is 1.50. The molecule has 0 aliphatic carbocycles. The molecule has 2 N–H and O–H groups in total. The van der Waals surface area contributed by atoms with Gasteiger partial charge in [0.05, 0.1) is 5.69 Å². The fraction of sp³-hybridized carbons (Fsp3) is 0.0952. The molecule has 25 heavy (non-hydrogen) atoms. The van der Waals surface area contributed by atoms with Gasteiger partial charge >= 0.3 is 0 Å². The molecule has 3 aromatic carbocycles. The number of rotatable bonds is 4. The van der Waals surface area contributed by atoms with Crippen molar-refractivity contribution < 1.29 is 4.74 Å². The molecule has 0 saturated heterocycles. The minimum absolute atomic E-state index is 0.524. The van der Waals surface area contributed by atoms with E-state index >= 15 is 0 Å². The lowest BCUT2D eigenvalue weighted by Gasteiger charge is -2.16. The maximum absolute atomic E-state index is 5.95. The molecule has 0 bridgehead atoms. The first-order valence-electron chi connectivity index (χ1n) is 8.09. The molecule has 0 aliphatic heterocycles. The van der Waals surface area contributed by atoms with Gasteiger partial charge in [0, 0.05) is 5.69 Å². The van der Waals surface area contributed by atoms with E-state index in [4.69, 9.17) is 17.0 Å². The van der Waals surface area contributed by atoms with Crippen molar-refractivity contribution in [3.63, 3.8) is 0 Å². The molecule has 0 unspecified atom stereocenters. The highest BCUT2D eigenvalue weighted by Gasteiger charge is 2.07. The average molecular weight is 348 g/mol. The number of thiocarbonyl (C=S) groups is 1. The lowest BCUT2D eigenvalue weighted by atomic mass is 10.1. The highest BCUT2D eigenvalue weighted by atomic mass is 32.1. The predicted octanol–water partition coefficient (Wildman–Crippen LogP) is 5.90. The van der Waals surface area contributed by atoms with Crippen LogP contribution in [-0.2, 0) is 0 Å². The van der Waals surface area contributed by atoms with Crippen LogP contribution in [0.15, 0.2) is 72.8 Å². The van der Waals surface area contributed by atoms with E-state index in [-0.39, 0.29) is 0 Å². The van der Waals surface area contributed by atoms with Crippen molar-refractivity contribution in [1.82, 2.24) is 0 Å². The summed E-state index contributed by atoms with van der Waals surface area (Å²) in [5, 5.41) is 6.98. The largest absolute Gasteiger partial charge is 0.455 e. The molecule has 0 fully saturated rings. The summed E-state index contributed by atoms with van der Waals surface area (Å²) in [6.45, 7) is 4.13. The Morgan fingerprint density at radius 1 is 0.800 bits per heavy atom. The van der Waals surface area contributed by atoms with E-state index in [0.29, 0.717) is 5.11 Å². The Morgan fingerprint density at radius 2 is 1.48 bits per heavy atom. The second-order valence-corrected chi connectivity index (χ2v) is 6.22. The van der Waals surface area contributed by atoms with Crippen LogP contribution in [0.1, 0.15) is 11.1 Å². The highest BCUT2D eigenvalue weighted by molar-refractivity contribution is 7.80. The topological polar surface area (TPSA) is 33.3 Å². The van der Waals surface area contributed by atoms with E-state index in [2.05, 4.69) is 36.6 Å². The monoisotopic (exact) mass is 348 g/mol. The first-order valence-corrected chi connectivity index (χ1v) is 8.50. The second kappa shape index (κ2) is 7.81. The van der Waals surface area contributed by atoms with Crippen LogP contribution in [0.3, 0.4) is 0 Å². The van der Waals surface area contributed by atoms with Crippen LogP contribution in [0.5, 0.6) is 11.5 Å². The molecule has 0 heterocycles. The van der Waals surface area contributed by atoms with Crippen LogP contribution in [0, 0.1) is 13.8 Å². The third-order valence-corrected chi connectivity index (χ3v) is 3.94. The van der Waals surface area contributed by atoms with Gasteiger partial charge in [-0.05, 0) is 62.0 Å². The minimum Gasteiger partial charge on any atom is -0.455 e. The van der Waals surface area contributed by atoms with Crippen molar-refractivity contribution in [2.24, 2.45) is 0 Å². The van der Waals surface area contributed by atoms with Crippen LogP contribution >= 0.6 is 12.2 Å². The first-order chi connectivity index (χ1) is 12.1. The molecule has 126 valence electrons. The van der Waals surface area contributed by atoms with Gasteiger partial charge < -0.3 is 15.4 Å². The summed E-state index contributed by atoms with van der Waals surface area (Å²) in [5.41, 5.74) is 4.18. The molecule has 3 rings (SSSR count). The Hall–Kier alpha value is -2.85. The van der Waals surface area contributed by atoms with Crippen molar-refractivity contribution in [1.29, 1.82) is 0 Å². The Bertz CT molecular complexity index is 878. The molecule has 0 amide bonds. The molecule has 4 heteroatoms. The van der Waals surface area contributed by atoms with Gasteiger partial charge in [-0.25, -0.2) is 0 Å². The fourth-order valence-corrected chi connectivity index (χ4v) is 2.72. The summed E-state index contributed by atoms with van der Waals surface area (Å²) in [6.07, 6.45) is 0. The van der Waals surface area contributed by atoms with Gasteiger partial charge in [0.1, 0.15) is 5.75 Å². The van der Waals surface area contributed by atoms with Crippen LogP contribution in [0.25, 0.3) is 0 Å². The number of hydrogen-bond donors (Lipinski definition) is 2. The van der Waals surface area contributed by atoms with E-state index < -0.39 is 0 Å². The zero-order valence-corrected chi connectivity index (χ0v) is 15.1. The number of nitrogens with one attached hydrogen (secondary N) is 2. The summed E-state index contributed by atoms with van der Waals surface area (Å²) < 4.78 is 5.95. The second-order valence-electron chi connectivity index (χ2n) is 5.81. The zero-order valence-electron chi connectivity index (χ0n) is 14.2. The van der Waals surface area contributed by atoms with Crippen molar-refractivity contribution in [2.75, 3.05) is 10.6 Å². The van der Waals surface area contributed by atoms with Gasteiger partial charge in [-0.3, -0.25) is 0 Å². The highest BCUT2D eigenvalue weighted by Crippen LogP contribution is 2.29. The van der Waals surface area contributed by atoms with Gasteiger partial charge in [0.25, 0.3) is 0 Å². The Balaban J connectivity index is 1.73. The maximum atomic E-state index is 5.95. The van der Waals surface area contributed by atoms with E-state index in [0.717, 1.165) is 28.4 Å². The normalized spacial score (nSPS) is 10.2. The van der Waals surface area contributed by atoms with E-state index in [1.807, 2.05) is 60.7 Å². The Morgan fingerprint density at radius 3 is 2.24 bits per heavy atom. The van der Waals surface area contributed by atoms with Crippen LogP contribution in [0.2, 0.25) is 0 Å². The molecule has 0 aromatic heterocycles. The van der Waals surface area contributed by atoms with Gasteiger partial charge in [-0.15, -0.1) is 0 Å². The number of para-hydroxylation sites is 3. The molecule has 3 nitrogen and oxygen atoms in total. The molecule has 3 aromatic rings. The number of ether oxygens (including phenoxy) is 1. The summed E-state index contributed by atoms with van der Waals surface area (Å²) >= 11 is 5.46. The molecule has 0 saturated carbocycles. The third-order valence-electron chi connectivity index (χ3n) is 3.74. The summed E-state index contributed by atoms with van der Waals surface area (Å²) in [7, 11) is 0. The average Bonchev–Trinajstić information content (AvgIpc) is 2.60. The predicted molar refractivity (Wildman–Crippen MR) is 109 cm³/mol. The van der Waals surface area contributed by atoms with Gasteiger partial charge in [-0.1, -0.05) is 48.0 Å². The molecular formula is C21H20N2OS. The fourth-order valence-electron chi connectivity index (χ4n) is 2.50. The number of hydrogen-bond acceptors (Lipinski definition) is 2. The van der Waals surface area contributed by atoms with Crippen molar-refractivity contribution in [3.05, 3.63) is 83.9 Å². The van der Waals surface area contributed by atoms with Crippen LogP contribution in [-0.4, -0.2) is 5.11 Å². The van der Waals surface area contributed by atoms with Crippen LogP contribution in [0.4, 0.5) is 11.4 Å². The molecule has 0 aliphatic rings. The van der Waals surface area contributed by atoms with Crippen molar-refractivity contribution in [2.45, 2.75) is 13.8 Å². The maximum Gasteiger partial charge on any atom is 0.175 e. The van der Waals surface area contributed by atoms with Crippen molar-refractivity contribution >= 4 is 28.7 Å². The Kier molecular flexibility index (Phi) is 5.31. The number of aryl methyl sites for hydroxylation is 2. The van der Waals surface area contributed by atoms with Gasteiger partial charge in [-0.2, -0.15) is 0 Å². The van der Waals surface area contributed by atoms with Crippen LogP contribution < -0.4 is 15.4 Å². The van der Waals surface area contributed by atoms with Gasteiger partial charge in [0.15, 0.2) is 10.9 Å². The van der Waals surface area contributed by atoms with E-state index in [1.54, 1.807) is 0 Å². The zero-order chi connectivity index (χ0) is 17.6. The molecular weight excluding hydrogens is 328 g/mol. The van der Waals surface area contributed by atoms with E-state index in [1.165, 1.54) is 5.56 Å².